The Kier molecular flexibility index (Phi) is 3.94. The highest BCUT2D eigenvalue weighted by atomic mass is 16.3. The van der Waals surface area contributed by atoms with E-state index < -0.39 is 154 Å². The Labute approximate surface area is 353 Å². The molecule has 12 aromatic rings. The molecule has 0 radical (unpaired) electrons. The van der Waals surface area contributed by atoms with Crippen molar-refractivity contribution >= 4 is 65.6 Å². The van der Waals surface area contributed by atoms with Gasteiger partial charge in [-0.1, -0.05) is 133 Å². The first kappa shape index (κ1) is 18.2. The Hall–Kier alpha value is -7.83. The lowest BCUT2D eigenvalue weighted by molar-refractivity contribution is 0.669. The van der Waals surface area contributed by atoms with Gasteiger partial charge >= 0.3 is 0 Å². The van der Waals surface area contributed by atoms with E-state index in [1.54, 1.807) is 24.3 Å². The summed E-state index contributed by atoms with van der Waals surface area (Å²) in [5.74, 6) is -1.33. The van der Waals surface area contributed by atoms with Gasteiger partial charge in [-0.15, -0.1) is 0 Å². The van der Waals surface area contributed by atoms with Crippen molar-refractivity contribution in [3.63, 3.8) is 0 Å². The summed E-state index contributed by atoms with van der Waals surface area (Å²) in [6.07, 6.45) is 0. The molecule has 4 aromatic heterocycles. The highest BCUT2D eigenvalue weighted by Crippen LogP contribution is 2.41. The Morgan fingerprint density at radius 2 is 1.02 bits per heavy atom. The second-order valence-electron chi connectivity index (χ2n) is 13.0. The van der Waals surface area contributed by atoms with E-state index in [1.807, 2.05) is 53.1 Å². The minimum atomic E-state index is -0.818. The van der Waals surface area contributed by atoms with E-state index in [9.17, 15) is 5.48 Å². The summed E-state index contributed by atoms with van der Waals surface area (Å²) in [6.45, 7) is 0. The number of furan rings is 1. The molecule has 0 unspecified atom stereocenters. The third-order valence-electron chi connectivity index (χ3n) is 9.87. The Morgan fingerprint density at radius 3 is 1.75 bits per heavy atom. The monoisotopic (exact) mass is 748 g/mol. The maximum Gasteiger partial charge on any atom is 0.238 e. The molecule has 4 heterocycles. The largest absolute Gasteiger partial charge is 0.456 e. The molecule has 0 aliphatic carbocycles. The number of nitrogens with zero attached hydrogens (tertiary/aromatic N) is 5. The van der Waals surface area contributed by atoms with Crippen LogP contribution >= 0.6 is 0 Å². The SMILES string of the molecule is [2H]c1c([2H])c([2H])c(-c2c([2H])c(-c3nc(-c4ccccc4-n4c5ccccc5c5ccccc54)nc(-n4c5c([2H])c([2H])c([2H])c([2H])c5c5c([2H])c([2H])c([2H])c([2H])c54)n3)c([2H])c3oc4c([2H])c([2H])c([2H])c([2H])c4c23)c([2H])c1[2H]. The zero-order valence-electron chi connectivity index (χ0n) is 48.1. The van der Waals surface area contributed by atoms with Crippen molar-refractivity contribution in [3.8, 4) is 45.5 Å². The number of para-hydroxylation sites is 6. The molecule has 6 nitrogen and oxygen atoms in total. The molecule has 0 aliphatic rings. The fourth-order valence-corrected chi connectivity index (χ4v) is 7.51. The first-order chi connectivity index (χ1) is 36.2. The molecular weight excluding hydrogens is 699 g/mol. The van der Waals surface area contributed by atoms with Crippen LogP contribution in [0.2, 0.25) is 0 Å². The molecule has 266 valence electrons. The molecule has 0 atom stereocenters. The van der Waals surface area contributed by atoms with Crippen molar-refractivity contribution in [2.24, 2.45) is 0 Å². The number of fused-ring (bicyclic) bond motifs is 9. The minimum Gasteiger partial charge on any atom is -0.456 e. The van der Waals surface area contributed by atoms with Gasteiger partial charge in [-0.3, -0.25) is 4.57 Å². The summed E-state index contributed by atoms with van der Waals surface area (Å²) in [5, 5.41) is 0.435. The van der Waals surface area contributed by atoms with Gasteiger partial charge in [0.1, 0.15) is 11.2 Å². The van der Waals surface area contributed by atoms with E-state index in [4.69, 9.17) is 39.9 Å². The number of rotatable bonds is 5. The number of hydrogen-bond acceptors (Lipinski definition) is 4. The fourth-order valence-electron chi connectivity index (χ4n) is 7.51. The van der Waals surface area contributed by atoms with Gasteiger partial charge in [0.25, 0.3) is 0 Å². The minimum absolute atomic E-state index is 0.221. The fraction of sp³-hybridized carbons (Fsp3) is 0. The number of aromatic nitrogens is 5. The third-order valence-corrected chi connectivity index (χ3v) is 9.87. The van der Waals surface area contributed by atoms with Crippen molar-refractivity contribution in [2.45, 2.75) is 0 Å². The first-order valence-corrected chi connectivity index (χ1v) is 17.6. The zero-order valence-corrected chi connectivity index (χ0v) is 29.1. The Balaban J connectivity index is 1.30. The van der Waals surface area contributed by atoms with Crippen LogP contribution in [0.15, 0.2) is 192 Å². The summed E-state index contributed by atoms with van der Waals surface area (Å²) in [7, 11) is 0. The molecular formula is C51H31N5O. The molecule has 0 aliphatic heterocycles. The van der Waals surface area contributed by atoms with Crippen LogP contribution in [0.25, 0.3) is 111 Å². The number of benzene rings is 8. The molecule has 0 amide bonds. The lowest BCUT2D eigenvalue weighted by Crippen LogP contribution is -2.08. The van der Waals surface area contributed by atoms with Gasteiger partial charge in [0.2, 0.25) is 5.95 Å². The van der Waals surface area contributed by atoms with E-state index in [0.29, 0.717) is 5.69 Å². The van der Waals surface area contributed by atoms with Gasteiger partial charge in [0, 0.05) is 43.4 Å². The molecule has 0 saturated heterocycles. The summed E-state index contributed by atoms with van der Waals surface area (Å²) < 4.78 is 180. The van der Waals surface area contributed by atoms with Crippen LogP contribution in [0.3, 0.4) is 0 Å². The topological polar surface area (TPSA) is 61.7 Å². The lowest BCUT2D eigenvalue weighted by Gasteiger charge is -2.15. The predicted octanol–water partition coefficient (Wildman–Crippen LogP) is 13.0. The maximum absolute atomic E-state index is 10.1. The maximum atomic E-state index is 10.1. The molecule has 8 aromatic carbocycles. The van der Waals surface area contributed by atoms with E-state index in [-0.39, 0.29) is 44.0 Å². The van der Waals surface area contributed by atoms with Crippen molar-refractivity contribution < 1.29 is 30.5 Å². The Bertz CT molecular complexity index is 4500. The van der Waals surface area contributed by atoms with Crippen molar-refractivity contribution in [2.75, 3.05) is 0 Å². The van der Waals surface area contributed by atoms with Crippen molar-refractivity contribution in [1.82, 2.24) is 24.1 Å². The standard InChI is InChI=1S/C51H31N5O/c1-2-16-32(17-3-1)40-30-33(31-47-48(40)39-23-9-15-29-46(39)57-47)49-52-50(54-51(53-49)56-43-26-12-6-20-36(43)37-21-7-13-27-44(37)56)38-22-8-14-28-45(38)55-41-24-10-4-18-34(41)35-19-5-11-25-42(35)55/h1-31H/i1D,2D,3D,6D,7D,9D,12D,13D,15D,16D,17D,20D,21D,23D,26D,27D,29D,30D,31D. The average molecular weight is 749 g/mol. The molecule has 6 heteroatoms. The summed E-state index contributed by atoms with van der Waals surface area (Å²) in [5.41, 5.74) is -1.18. The van der Waals surface area contributed by atoms with E-state index in [0.717, 1.165) is 26.4 Å². The van der Waals surface area contributed by atoms with Crippen LogP contribution in [0, 0.1) is 0 Å². The average Bonchev–Trinajstić information content (AvgIpc) is 4.14. The van der Waals surface area contributed by atoms with E-state index in [2.05, 4.69) is 0 Å². The first-order valence-electron chi connectivity index (χ1n) is 27.1. The molecule has 0 N–H and O–H groups in total. The normalized spacial score (nSPS) is 16.5. The van der Waals surface area contributed by atoms with E-state index in [1.165, 1.54) is 0 Å². The predicted molar refractivity (Wildman–Crippen MR) is 232 cm³/mol. The summed E-state index contributed by atoms with van der Waals surface area (Å²) in [6, 6.07) is 8.24. The van der Waals surface area contributed by atoms with Crippen LogP contribution < -0.4 is 0 Å². The van der Waals surface area contributed by atoms with Crippen LogP contribution in [0.4, 0.5) is 0 Å². The smallest absolute Gasteiger partial charge is 0.238 e. The van der Waals surface area contributed by atoms with Gasteiger partial charge < -0.3 is 8.98 Å². The van der Waals surface area contributed by atoms with Gasteiger partial charge in [0.15, 0.2) is 11.6 Å². The van der Waals surface area contributed by atoms with E-state index >= 15 is 0 Å². The van der Waals surface area contributed by atoms with Crippen molar-refractivity contribution in [3.05, 3.63) is 188 Å². The molecule has 0 spiro atoms. The third kappa shape index (κ3) is 4.81. The van der Waals surface area contributed by atoms with Crippen LogP contribution in [0.5, 0.6) is 0 Å². The second kappa shape index (κ2) is 12.3. The molecule has 0 saturated carbocycles. The quantitative estimate of drug-likeness (QED) is 0.176. The highest BCUT2D eigenvalue weighted by molar-refractivity contribution is 6.14. The van der Waals surface area contributed by atoms with Gasteiger partial charge in [-0.05, 0) is 65.6 Å². The lowest BCUT2D eigenvalue weighted by atomic mass is 9.97. The highest BCUT2D eigenvalue weighted by Gasteiger charge is 2.22. The Morgan fingerprint density at radius 1 is 0.421 bits per heavy atom. The second-order valence-corrected chi connectivity index (χ2v) is 13.0. The van der Waals surface area contributed by atoms with Gasteiger partial charge in [-0.25, -0.2) is 4.98 Å². The van der Waals surface area contributed by atoms with Gasteiger partial charge in [-0.2, -0.15) is 9.97 Å². The molecule has 0 bridgehead atoms. The number of hydrogen-bond donors (Lipinski definition) is 0. The molecule has 0 fully saturated rings. The van der Waals surface area contributed by atoms with Crippen LogP contribution in [-0.2, 0) is 0 Å². The zero-order chi connectivity index (χ0) is 54.0. The summed E-state index contributed by atoms with van der Waals surface area (Å²) in [4.78, 5) is 14.7. The molecule has 57 heavy (non-hydrogen) atoms. The van der Waals surface area contributed by atoms with Crippen molar-refractivity contribution in [1.29, 1.82) is 0 Å². The van der Waals surface area contributed by atoms with Crippen LogP contribution in [-0.4, -0.2) is 24.1 Å². The molecule has 12 rings (SSSR count). The van der Waals surface area contributed by atoms with Crippen LogP contribution in [0.1, 0.15) is 26.0 Å². The summed E-state index contributed by atoms with van der Waals surface area (Å²) >= 11 is 0. The van der Waals surface area contributed by atoms with Gasteiger partial charge in [0.05, 0.1) is 53.8 Å².